The fraction of sp³-hybridized carbons (Fsp3) is 1.00. The Kier molecular flexibility index (Phi) is 0. The molecule has 0 fully saturated rings. The van der Waals surface area contributed by atoms with E-state index >= 15 is 0 Å². The number of hydrogen-bond donors (Lipinski definition) is 0. The molecule has 0 heteroatoms. The van der Waals surface area contributed by atoms with Gasteiger partial charge in [0.25, 0.3) is 0 Å². The third-order valence-corrected chi connectivity index (χ3v) is 0. The van der Waals surface area contributed by atoms with Crippen LogP contribution < -0.4 is 0 Å². The molecule has 0 rings (SSSR count). The summed E-state index contributed by atoms with van der Waals surface area (Å²) in [6.07, 6.45) is 0. The van der Waals surface area contributed by atoms with Crippen molar-refractivity contribution in [1.29, 1.82) is 0 Å². The average molecular weight is 291 g/mol. The first-order valence-electron chi connectivity index (χ1n) is 3.00. The van der Waals surface area contributed by atoms with E-state index in [2.05, 4.69) is 0 Å². The Balaban J connectivity index is -0.000000000238. The van der Waals surface area contributed by atoms with Crippen molar-refractivity contribution in [2.45, 2.75) is 126 Å². The average Bonchev–Trinajstić information content (AvgIpc) is 1.81. The molecule has 0 aliphatic heterocycles. The lowest BCUT2D eigenvalue weighted by molar-refractivity contribution is 2.50. The Morgan fingerprint density at radius 2 is 0.176 bits per heavy atom. The summed E-state index contributed by atoms with van der Waals surface area (Å²) in [5.74, 6) is 0. The molecular formula is C17H74. The lowest BCUT2D eigenvalue weighted by atomic mass is 12.0. The molecule has 0 aliphatic rings. The highest BCUT2D eigenvalue weighted by Gasteiger charge is -0.0616. The van der Waals surface area contributed by atoms with Crippen molar-refractivity contribution in [3.8, 4) is 0 Å². The van der Waals surface area contributed by atoms with Gasteiger partial charge in [0, 0.05) is 8.91 Å². The predicted octanol–water partition coefficient (Wildman–Crippen LogP) is 11.6. The Bertz CT molecular complexity index is 19.0. The van der Waals surface area contributed by atoms with Crippen LogP contribution in [0.15, 0.2) is 0 Å². The maximum atomic E-state index is 5.00. The molecule has 0 radical (unpaired) electrons. The SMILES string of the molecule is C.C.C.C.C.C.C.C.C.C.C.C.C.C.C.C.C.[3H][3H].[3H][3H].[3H][3H]. The maximum Gasteiger partial charge on any atom is 0 e. The molecule has 142 valence electrons. The lowest BCUT2D eigenvalue weighted by Crippen LogP contribution is 0.143. The summed E-state index contributed by atoms with van der Waals surface area (Å²) >= 11 is 0. The van der Waals surface area contributed by atoms with Gasteiger partial charge in [-0.1, -0.05) is 126 Å². The van der Waals surface area contributed by atoms with Crippen molar-refractivity contribution < 1.29 is 8.91 Å². The van der Waals surface area contributed by atoms with Gasteiger partial charge >= 0.3 is 0 Å². The lowest BCUT2D eigenvalue weighted by Gasteiger charge is -0.0786. The van der Waals surface area contributed by atoms with Gasteiger partial charge in [0.1, 0.15) is 0 Å². The van der Waals surface area contributed by atoms with E-state index in [1.165, 1.54) is 0 Å². The summed E-state index contributed by atoms with van der Waals surface area (Å²) in [5, 5.41) is 0. The minimum Gasteiger partial charge on any atom is -0.0776 e. The zero-order chi connectivity index (χ0) is 6.00. The first-order valence-corrected chi connectivity index (χ1v) is 0. The molecule has 17 heavy (non-hydrogen) atoms. The Morgan fingerprint density at radius 3 is 0.176 bits per heavy atom. The van der Waals surface area contributed by atoms with Crippen LogP contribution in [-0.2, 0) is 0 Å². The molecule has 0 spiro atoms. The maximum absolute atomic E-state index is 5.00. The Morgan fingerprint density at radius 1 is 0.176 bits per heavy atom. The number of hydrogen-bond acceptors (Lipinski definition) is 0. The van der Waals surface area contributed by atoms with E-state index in [-0.39, 0.29) is 126 Å². The monoisotopic (exact) mass is 291 g/mol. The van der Waals surface area contributed by atoms with Crippen LogP contribution in [0.5, 0.6) is 0 Å². The van der Waals surface area contributed by atoms with Crippen LogP contribution in [0.1, 0.15) is 135 Å². The summed E-state index contributed by atoms with van der Waals surface area (Å²) in [6.45, 7) is 0. The molecule has 0 N–H and O–H groups in total. The molecule has 0 amide bonds. The smallest absolute Gasteiger partial charge is 0 e. The minimum atomic E-state index is 0. The molecule has 0 saturated carbocycles. The molecule has 0 bridgehead atoms. The summed E-state index contributed by atoms with van der Waals surface area (Å²) in [5.41, 5.74) is 0. The van der Waals surface area contributed by atoms with E-state index in [1.807, 2.05) is 0 Å². The van der Waals surface area contributed by atoms with Crippen LogP contribution in [0.25, 0.3) is 0 Å². The third-order valence-electron chi connectivity index (χ3n) is 0. The third kappa shape index (κ3) is 0. The molecule has 0 heterocycles. The van der Waals surface area contributed by atoms with Gasteiger partial charge in [-0.25, -0.2) is 0 Å². The van der Waals surface area contributed by atoms with E-state index in [1.54, 1.807) is 0 Å². The highest BCUT2D eigenvalue weighted by molar-refractivity contribution is 2.52. The normalized spacial score (nSPS) is 1.41. The van der Waals surface area contributed by atoms with Crippen LogP contribution in [0.3, 0.4) is 0 Å². The van der Waals surface area contributed by atoms with Gasteiger partial charge in [0.2, 0.25) is 0 Å². The molecule has 0 saturated heterocycles. The van der Waals surface area contributed by atoms with Crippen molar-refractivity contribution in [3.63, 3.8) is 0 Å². The van der Waals surface area contributed by atoms with Crippen molar-refractivity contribution >= 4 is 0 Å². The van der Waals surface area contributed by atoms with E-state index in [0.717, 1.165) is 0 Å². The molecule has 0 aromatic carbocycles. The van der Waals surface area contributed by atoms with Crippen molar-refractivity contribution in [3.05, 3.63) is 0 Å². The minimum absolute atomic E-state index is 0. The quantitative estimate of drug-likeness (QED) is 0.416. The zero-order valence-corrected chi connectivity index (χ0v) is 0. The predicted molar refractivity (Wildman–Crippen MR) is 121 cm³/mol. The van der Waals surface area contributed by atoms with Crippen LogP contribution in [-0.4, -0.2) is 0 Å². The molecular weight excluding hydrogens is 204 g/mol. The Hall–Kier alpha value is 0. The highest BCUT2D eigenvalue weighted by Crippen LogP contribution is 0.160. The van der Waals surface area contributed by atoms with Gasteiger partial charge in [-0.15, -0.1) is 0 Å². The van der Waals surface area contributed by atoms with Crippen LogP contribution >= 0.6 is 0 Å². The van der Waals surface area contributed by atoms with Gasteiger partial charge < -0.3 is 0 Å². The second-order valence-corrected chi connectivity index (χ2v) is 0. The molecule has 0 atom stereocenters. The highest BCUT2D eigenvalue weighted by atomic mass is 12.0. The second-order valence-electron chi connectivity index (χ2n) is 0. The van der Waals surface area contributed by atoms with E-state index in [4.69, 9.17) is 8.91 Å². The van der Waals surface area contributed by atoms with Crippen molar-refractivity contribution in [1.82, 2.24) is 0 Å². The number of rotatable bonds is 0. The first kappa shape index (κ1) is 484. The topological polar surface area (TPSA) is 0 Å². The van der Waals surface area contributed by atoms with E-state index in [0.29, 0.717) is 0 Å². The molecule has 0 aliphatic carbocycles. The Labute approximate surface area is 136 Å². The zero-order valence-electron chi connectivity index (χ0n) is 6.00. The summed E-state index contributed by atoms with van der Waals surface area (Å²) in [6, 6.07) is 0. The van der Waals surface area contributed by atoms with Crippen LogP contribution in [0.2, 0.25) is 0 Å². The molecule has 0 unspecified atom stereocenters. The standard InChI is InChI=1S/17CH4.3H2/h17*1H4;3*1H/i;;;;;;;;;;;;;;;;;3*1+2T. The van der Waals surface area contributed by atoms with Crippen LogP contribution in [0, 0.1) is 0 Å². The molecule has 0 aromatic rings. The van der Waals surface area contributed by atoms with Gasteiger partial charge in [0.05, 0.1) is 0 Å². The largest absolute Gasteiger partial charge is 0.0776 e. The van der Waals surface area contributed by atoms with Gasteiger partial charge in [-0.3, -0.25) is 0 Å². The fourth-order valence-corrected chi connectivity index (χ4v) is 0. The van der Waals surface area contributed by atoms with Gasteiger partial charge in [-0.2, -0.15) is 0 Å². The first-order chi connectivity index (χ1) is 3.00. The second kappa shape index (κ2) is 0. The summed E-state index contributed by atoms with van der Waals surface area (Å²) in [7, 11) is 0. The summed E-state index contributed by atoms with van der Waals surface area (Å²) in [4.78, 5) is 0. The van der Waals surface area contributed by atoms with Crippen molar-refractivity contribution in [2.75, 3.05) is 0 Å². The van der Waals surface area contributed by atoms with Gasteiger partial charge in [0.15, 0.2) is 0 Å². The van der Waals surface area contributed by atoms with E-state index in [9.17, 15) is 0 Å². The van der Waals surface area contributed by atoms with Gasteiger partial charge in [-0.05, 0) is 0 Å². The van der Waals surface area contributed by atoms with Crippen LogP contribution in [0.4, 0.5) is 0 Å². The molecule has 0 aromatic heterocycles. The summed E-state index contributed by atoms with van der Waals surface area (Å²) < 4.78 is 30.0. The van der Waals surface area contributed by atoms with Crippen molar-refractivity contribution in [2.24, 2.45) is 0 Å². The fourth-order valence-electron chi connectivity index (χ4n) is 0. The van der Waals surface area contributed by atoms with E-state index < -0.39 is 0 Å². The molecule has 0 nitrogen and oxygen atoms in total.